The fraction of sp³-hybridized carbons (Fsp3) is 0.556. The first-order valence-electron chi connectivity index (χ1n) is 9.13. The van der Waals surface area contributed by atoms with Crippen molar-refractivity contribution in [3.8, 4) is 11.5 Å². The van der Waals surface area contributed by atoms with Crippen LogP contribution in [0.15, 0.2) is 18.2 Å². The number of likely N-dealkylation sites (tertiary alicyclic amines) is 1. The van der Waals surface area contributed by atoms with Gasteiger partial charge in [-0.15, -0.1) is 21.2 Å². The summed E-state index contributed by atoms with van der Waals surface area (Å²) < 4.78 is 34.8. The molecule has 1 saturated heterocycles. The number of hydrogen-bond donors (Lipinski definition) is 2. The van der Waals surface area contributed by atoms with Crippen LogP contribution in [0, 0.1) is 0 Å². The van der Waals surface area contributed by atoms with Crippen molar-refractivity contribution in [2.45, 2.75) is 32.1 Å². The largest absolute Gasteiger partial charge is 0.586 e. The van der Waals surface area contributed by atoms with Crippen molar-refractivity contribution in [3.05, 3.63) is 18.2 Å². The topological polar surface area (TPSA) is 91.3 Å². The van der Waals surface area contributed by atoms with Crippen LogP contribution in [-0.4, -0.2) is 71.8 Å². The molecule has 0 aromatic heterocycles. The van der Waals surface area contributed by atoms with Crippen molar-refractivity contribution in [1.29, 1.82) is 0 Å². The third-order valence-corrected chi connectivity index (χ3v) is 4.87. The summed E-state index contributed by atoms with van der Waals surface area (Å²) in [6.45, 7) is 4.15. The van der Waals surface area contributed by atoms with Gasteiger partial charge in [-0.2, -0.15) is 0 Å². The van der Waals surface area contributed by atoms with Crippen molar-refractivity contribution in [2.75, 3.05) is 38.0 Å². The molecule has 1 aromatic carbocycles. The molecule has 3 rings (SSSR count). The molecular weight excluding hydrogens is 412 g/mol. The molecule has 0 aliphatic carbocycles. The number of aliphatic carboxylic acids is 1. The monoisotopic (exact) mass is 435 g/mol. The van der Waals surface area contributed by atoms with Crippen LogP contribution in [0.1, 0.15) is 19.8 Å². The number of carbonyl (C=O) groups is 2. The summed E-state index contributed by atoms with van der Waals surface area (Å²) in [4.78, 5) is 27.1. The number of carbonyl (C=O) groups excluding carboxylic acids is 1. The van der Waals surface area contributed by atoms with Crippen LogP contribution < -0.4 is 14.8 Å². The van der Waals surface area contributed by atoms with Gasteiger partial charge in [-0.25, -0.2) is 0 Å². The second-order valence-corrected chi connectivity index (χ2v) is 6.84. The average Bonchev–Trinajstić information content (AvgIpc) is 2.93. The number of ether oxygens (including phenoxy) is 2. The minimum atomic E-state index is -3.69. The third-order valence-electron chi connectivity index (χ3n) is 4.87. The Bertz CT molecular complexity index is 744. The van der Waals surface area contributed by atoms with Gasteiger partial charge in [-0.3, -0.25) is 19.4 Å². The summed E-state index contributed by atoms with van der Waals surface area (Å²) in [5.74, 6) is -1.30. The van der Waals surface area contributed by atoms with E-state index in [-0.39, 0.29) is 48.9 Å². The molecule has 0 spiro atoms. The Hall–Kier alpha value is -2.17. The van der Waals surface area contributed by atoms with Crippen LogP contribution in [0.5, 0.6) is 11.5 Å². The minimum Gasteiger partial charge on any atom is -0.480 e. The van der Waals surface area contributed by atoms with Gasteiger partial charge in [-0.1, -0.05) is 6.92 Å². The zero-order valence-electron chi connectivity index (χ0n) is 15.9. The Labute approximate surface area is 173 Å². The number of carboxylic acid groups (broad SMARTS) is 1. The maximum atomic E-state index is 13.0. The highest BCUT2D eigenvalue weighted by Crippen LogP contribution is 2.42. The van der Waals surface area contributed by atoms with E-state index in [4.69, 9.17) is 5.11 Å². The van der Waals surface area contributed by atoms with E-state index in [0.29, 0.717) is 25.3 Å². The quantitative estimate of drug-likeness (QED) is 0.678. The zero-order chi connectivity index (χ0) is 20.3. The molecule has 0 radical (unpaired) electrons. The molecule has 0 unspecified atom stereocenters. The van der Waals surface area contributed by atoms with E-state index in [1.54, 1.807) is 0 Å². The van der Waals surface area contributed by atoms with Crippen LogP contribution in [0.25, 0.3) is 0 Å². The highest BCUT2D eigenvalue weighted by molar-refractivity contribution is 5.92. The van der Waals surface area contributed by atoms with Gasteiger partial charge in [0, 0.05) is 30.9 Å². The molecular formula is C18H24ClF2N3O5. The van der Waals surface area contributed by atoms with E-state index in [2.05, 4.69) is 14.8 Å². The van der Waals surface area contributed by atoms with E-state index in [1.807, 2.05) is 16.7 Å². The lowest BCUT2D eigenvalue weighted by Gasteiger charge is -2.37. The lowest BCUT2D eigenvalue weighted by atomic mass is 10.0. The molecule has 2 heterocycles. The van der Waals surface area contributed by atoms with E-state index in [1.165, 1.54) is 18.2 Å². The summed E-state index contributed by atoms with van der Waals surface area (Å²) in [5, 5.41) is 11.6. The second-order valence-electron chi connectivity index (χ2n) is 6.84. The summed E-state index contributed by atoms with van der Waals surface area (Å²) in [7, 11) is 0. The molecule has 2 aliphatic heterocycles. The van der Waals surface area contributed by atoms with E-state index in [0.717, 1.165) is 12.8 Å². The standard InChI is InChI=1S/C18H23F2N3O5.ClH/c1-2-23(11-17(25)26)13-5-7-22(8-6-13)10-16(24)21-12-3-4-14-15(9-12)28-18(19,20)27-14;/h3-4,9,13H,2,5-8,10-11H2,1H3,(H,21,24)(H,25,26);1H. The number of anilines is 1. The third kappa shape index (κ3) is 6.15. The molecule has 29 heavy (non-hydrogen) atoms. The first-order chi connectivity index (χ1) is 13.3. The fourth-order valence-electron chi connectivity index (χ4n) is 3.55. The maximum Gasteiger partial charge on any atom is 0.586 e. The van der Waals surface area contributed by atoms with Crippen molar-refractivity contribution in [3.63, 3.8) is 0 Å². The number of alkyl halides is 2. The number of halogens is 3. The Morgan fingerprint density at radius 3 is 2.55 bits per heavy atom. The van der Waals surface area contributed by atoms with Crippen molar-refractivity contribution < 1.29 is 33.0 Å². The summed E-state index contributed by atoms with van der Waals surface area (Å²) in [5.41, 5.74) is 0.346. The molecule has 162 valence electrons. The predicted molar refractivity (Wildman–Crippen MR) is 103 cm³/mol. The number of hydrogen-bond acceptors (Lipinski definition) is 6. The van der Waals surface area contributed by atoms with Crippen molar-refractivity contribution in [2.24, 2.45) is 0 Å². The Kier molecular flexibility index (Phi) is 7.61. The maximum absolute atomic E-state index is 13.0. The van der Waals surface area contributed by atoms with E-state index < -0.39 is 12.3 Å². The van der Waals surface area contributed by atoms with E-state index >= 15 is 0 Å². The Balaban J connectivity index is 0.00000300. The Morgan fingerprint density at radius 2 is 1.93 bits per heavy atom. The first kappa shape index (κ1) is 23.1. The fourth-order valence-corrected chi connectivity index (χ4v) is 3.55. The molecule has 8 nitrogen and oxygen atoms in total. The first-order valence-corrected chi connectivity index (χ1v) is 9.13. The lowest BCUT2D eigenvalue weighted by Crippen LogP contribution is -2.48. The Morgan fingerprint density at radius 1 is 1.28 bits per heavy atom. The molecule has 0 saturated carbocycles. The van der Waals surface area contributed by atoms with Crippen LogP contribution in [-0.2, 0) is 9.59 Å². The van der Waals surface area contributed by atoms with Gasteiger partial charge in [0.1, 0.15) is 0 Å². The lowest BCUT2D eigenvalue weighted by molar-refractivity contribution is -0.286. The van der Waals surface area contributed by atoms with Gasteiger partial charge in [0.25, 0.3) is 0 Å². The number of benzene rings is 1. The zero-order valence-corrected chi connectivity index (χ0v) is 16.7. The van der Waals surface area contributed by atoms with Crippen molar-refractivity contribution in [1.82, 2.24) is 9.80 Å². The van der Waals surface area contributed by atoms with Gasteiger partial charge in [-0.05, 0) is 31.5 Å². The molecule has 1 amide bonds. The van der Waals surface area contributed by atoms with Gasteiger partial charge in [0.2, 0.25) is 5.91 Å². The molecule has 2 N–H and O–H groups in total. The number of rotatable bonds is 7. The highest BCUT2D eigenvalue weighted by Gasteiger charge is 2.43. The molecule has 11 heteroatoms. The number of nitrogens with zero attached hydrogens (tertiary/aromatic N) is 2. The highest BCUT2D eigenvalue weighted by atomic mass is 35.5. The SMILES string of the molecule is CCN(CC(=O)O)C1CCN(CC(=O)Nc2ccc3c(c2)OC(F)(F)O3)CC1.Cl. The van der Waals surface area contributed by atoms with Crippen LogP contribution in [0.4, 0.5) is 14.5 Å². The number of nitrogens with one attached hydrogen (secondary N) is 1. The summed E-state index contributed by atoms with van der Waals surface area (Å²) >= 11 is 0. The number of amides is 1. The molecule has 2 aliphatic rings. The normalized spacial score (nSPS) is 18.3. The average molecular weight is 436 g/mol. The molecule has 1 fully saturated rings. The van der Waals surface area contributed by atoms with Crippen molar-refractivity contribution >= 4 is 30.0 Å². The number of carboxylic acids is 1. The van der Waals surface area contributed by atoms with Gasteiger partial charge in [0.05, 0.1) is 13.1 Å². The van der Waals surface area contributed by atoms with Crippen LogP contribution in [0.2, 0.25) is 0 Å². The number of piperidine rings is 1. The predicted octanol–water partition coefficient (Wildman–Crippen LogP) is 2.24. The number of fused-ring (bicyclic) bond motifs is 1. The smallest absolute Gasteiger partial charge is 0.480 e. The summed E-state index contributed by atoms with van der Waals surface area (Å²) in [6, 6.07) is 4.28. The summed E-state index contributed by atoms with van der Waals surface area (Å²) in [6.07, 6.45) is -2.12. The molecule has 0 atom stereocenters. The van der Waals surface area contributed by atoms with Gasteiger partial charge in [0.15, 0.2) is 11.5 Å². The second kappa shape index (κ2) is 9.55. The molecule has 1 aromatic rings. The van der Waals surface area contributed by atoms with E-state index in [9.17, 15) is 18.4 Å². The molecule has 0 bridgehead atoms. The van der Waals surface area contributed by atoms with Gasteiger partial charge >= 0.3 is 12.3 Å². The van der Waals surface area contributed by atoms with Crippen LogP contribution in [0.3, 0.4) is 0 Å². The van der Waals surface area contributed by atoms with Crippen LogP contribution >= 0.6 is 12.4 Å². The minimum absolute atomic E-state index is 0. The number of likely N-dealkylation sites (N-methyl/N-ethyl adjacent to an activating group) is 1. The van der Waals surface area contributed by atoms with Gasteiger partial charge < -0.3 is 19.9 Å².